The van der Waals surface area contributed by atoms with Gasteiger partial charge >= 0.3 is 17.9 Å². The van der Waals surface area contributed by atoms with Crippen LogP contribution in [-0.4, -0.2) is 39.2 Å². The SMILES string of the molecule is COC(=O)c1ccc(N=Nc2cc(N=Nc3ccc(C(=O)OC)cc3)cc(N=Nc3ccc(C(=O)OC)cc3)c2)cc1. The molecule has 0 N–H and O–H groups in total. The number of benzene rings is 4. The van der Waals surface area contributed by atoms with Gasteiger partial charge in [0.2, 0.25) is 0 Å². The summed E-state index contributed by atoms with van der Waals surface area (Å²) in [6.07, 6.45) is 0. The summed E-state index contributed by atoms with van der Waals surface area (Å²) in [7, 11) is 3.93. The van der Waals surface area contributed by atoms with E-state index in [1.165, 1.54) is 21.3 Å². The molecule has 0 aliphatic heterocycles. The highest BCUT2D eigenvalue weighted by Crippen LogP contribution is 2.32. The molecule has 0 atom stereocenters. The van der Waals surface area contributed by atoms with Gasteiger partial charge in [-0.2, -0.15) is 30.7 Å². The van der Waals surface area contributed by atoms with Crippen molar-refractivity contribution in [1.82, 2.24) is 0 Å². The molecule has 0 radical (unpaired) electrons. The Hall–Kier alpha value is -5.91. The van der Waals surface area contributed by atoms with Crippen molar-refractivity contribution in [3.8, 4) is 0 Å². The lowest BCUT2D eigenvalue weighted by atomic mass is 10.2. The average Bonchev–Trinajstić information content (AvgIpc) is 3.05. The second-order valence-corrected chi connectivity index (χ2v) is 8.42. The minimum absolute atomic E-state index is 0.390. The van der Waals surface area contributed by atoms with Gasteiger partial charge in [-0.15, -0.1) is 0 Å². The number of ether oxygens (including phenoxy) is 3. The van der Waals surface area contributed by atoms with Gasteiger partial charge in [-0.05, 0) is 91.0 Å². The standard InChI is InChI=1S/C30H24N6O6/c1-40-28(37)19-4-10-22(11-5-19)31-34-25-16-26(35-32-23-12-6-20(7-13-23)29(38)41-2)18-27(17-25)36-33-24-14-8-21(9-15-24)30(39)42-3/h4-18H,1-3H3. The van der Waals surface area contributed by atoms with E-state index in [1.54, 1.807) is 91.0 Å². The van der Waals surface area contributed by atoms with Gasteiger partial charge in [0.15, 0.2) is 0 Å². The van der Waals surface area contributed by atoms with Crippen LogP contribution in [0.4, 0.5) is 34.1 Å². The predicted octanol–water partition coefficient (Wildman–Crippen LogP) is 8.29. The fourth-order valence-corrected chi connectivity index (χ4v) is 3.45. The third kappa shape index (κ3) is 7.82. The van der Waals surface area contributed by atoms with Crippen molar-refractivity contribution in [2.75, 3.05) is 21.3 Å². The first-order valence-electron chi connectivity index (χ1n) is 12.3. The smallest absolute Gasteiger partial charge is 0.337 e. The molecule has 210 valence electrons. The lowest BCUT2D eigenvalue weighted by molar-refractivity contribution is 0.0592. The number of carbonyl (C=O) groups is 3. The molecule has 12 heteroatoms. The van der Waals surface area contributed by atoms with Gasteiger partial charge in [-0.25, -0.2) is 14.4 Å². The molecular weight excluding hydrogens is 540 g/mol. The summed E-state index contributed by atoms with van der Waals surface area (Å²) in [5.74, 6) is -1.36. The largest absolute Gasteiger partial charge is 0.465 e. The second kappa shape index (κ2) is 13.9. The van der Waals surface area contributed by atoms with E-state index in [9.17, 15) is 14.4 Å². The summed E-state index contributed by atoms with van der Waals surface area (Å²) < 4.78 is 14.1. The number of esters is 3. The number of hydrogen-bond donors (Lipinski definition) is 0. The molecule has 0 aliphatic carbocycles. The molecule has 4 aromatic carbocycles. The second-order valence-electron chi connectivity index (χ2n) is 8.42. The van der Waals surface area contributed by atoms with Crippen molar-refractivity contribution < 1.29 is 28.6 Å². The third-order valence-electron chi connectivity index (χ3n) is 5.60. The average molecular weight is 565 g/mol. The molecule has 0 saturated carbocycles. The Kier molecular flexibility index (Phi) is 9.65. The summed E-state index contributed by atoms with van der Waals surface area (Å²) in [6, 6.07) is 24.3. The number of rotatable bonds is 9. The van der Waals surface area contributed by atoms with Crippen LogP contribution < -0.4 is 0 Å². The van der Waals surface area contributed by atoms with Crippen molar-refractivity contribution >= 4 is 52.0 Å². The van der Waals surface area contributed by atoms with Crippen LogP contribution in [0.1, 0.15) is 31.1 Å². The Morgan fingerprint density at radius 1 is 0.381 bits per heavy atom. The van der Waals surface area contributed by atoms with E-state index in [1.807, 2.05) is 0 Å². The molecule has 0 aliphatic rings. The number of nitrogens with zero attached hydrogens (tertiary/aromatic N) is 6. The van der Waals surface area contributed by atoms with Crippen molar-refractivity contribution in [2.24, 2.45) is 30.7 Å². The first kappa shape index (κ1) is 29.1. The first-order valence-corrected chi connectivity index (χ1v) is 12.3. The molecule has 12 nitrogen and oxygen atoms in total. The molecule has 42 heavy (non-hydrogen) atoms. The van der Waals surface area contributed by atoms with Crippen LogP contribution >= 0.6 is 0 Å². The highest BCUT2D eigenvalue weighted by molar-refractivity contribution is 5.90. The minimum Gasteiger partial charge on any atom is -0.465 e. The molecule has 0 saturated heterocycles. The first-order chi connectivity index (χ1) is 20.4. The summed E-state index contributed by atoms with van der Waals surface area (Å²) in [5.41, 5.74) is 3.94. The Bertz CT molecular complexity index is 1450. The molecule has 0 heterocycles. The number of methoxy groups -OCH3 is 3. The van der Waals surface area contributed by atoms with Crippen LogP contribution in [0.15, 0.2) is 122 Å². The Balaban J connectivity index is 1.61. The lowest BCUT2D eigenvalue weighted by Crippen LogP contribution is -1.99. The molecular formula is C30H24N6O6. The molecule has 4 aromatic rings. The maximum Gasteiger partial charge on any atom is 0.337 e. The Labute approximate surface area is 240 Å². The zero-order chi connectivity index (χ0) is 29.9. The fourth-order valence-electron chi connectivity index (χ4n) is 3.45. The molecule has 0 aromatic heterocycles. The van der Waals surface area contributed by atoms with Gasteiger partial charge in [0.25, 0.3) is 0 Å². The fraction of sp³-hybridized carbons (Fsp3) is 0.100. The molecule has 0 unspecified atom stereocenters. The highest BCUT2D eigenvalue weighted by atomic mass is 16.5. The number of azo groups is 3. The van der Waals surface area contributed by atoms with Crippen LogP contribution in [0.5, 0.6) is 0 Å². The zero-order valence-corrected chi connectivity index (χ0v) is 22.8. The van der Waals surface area contributed by atoms with Crippen molar-refractivity contribution in [3.63, 3.8) is 0 Å². The van der Waals surface area contributed by atoms with Crippen LogP contribution in [0.3, 0.4) is 0 Å². The molecule has 0 spiro atoms. The van der Waals surface area contributed by atoms with E-state index in [-0.39, 0.29) is 0 Å². The van der Waals surface area contributed by atoms with Gasteiger partial charge in [0.05, 0.1) is 72.1 Å². The van der Waals surface area contributed by atoms with E-state index >= 15 is 0 Å². The molecule has 0 fully saturated rings. The molecule has 4 rings (SSSR count). The number of hydrogen-bond acceptors (Lipinski definition) is 12. The van der Waals surface area contributed by atoms with E-state index in [0.29, 0.717) is 50.8 Å². The van der Waals surface area contributed by atoms with Crippen LogP contribution in [0.2, 0.25) is 0 Å². The predicted molar refractivity (Wildman–Crippen MR) is 152 cm³/mol. The normalized spacial score (nSPS) is 11.2. The quantitative estimate of drug-likeness (QED) is 0.113. The van der Waals surface area contributed by atoms with Gasteiger partial charge in [0, 0.05) is 0 Å². The third-order valence-corrected chi connectivity index (χ3v) is 5.60. The van der Waals surface area contributed by atoms with Gasteiger partial charge in [-0.1, -0.05) is 0 Å². The van der Waals surface area contributed by atoms with Crippen molar-refractivity contribution in [2.45, 2.75) is 0 Å². The Morgan fingerprint density at radius 2 is 0.595 bits per heavy atom. The topological polar surface area (TPSA) is 153 Å². The van der Waals surface area contributed by atoms with Crippen LogP contribution in [0.25, 0.3) is 0 Å². The van der Waals surface area contributed by atoms with Crippen LogP contribution in [-0.2, 0) is 14.2 Å². The lowest BCUT2D eigenvalue weighted by Gasteiger charge is -2.01. The summed E-state index contributed by atoms with van der Waals surface area (Å²) in [4.78, 5) is 35.0. The van der Waals surface area contributed by atoms with Crippen molar-refractivity contribution in [1.29, 1.82) is 0 Å². The summed E-state index contributed by atoms with van der Waals surface area (Å²) >= 11 is 0. The van der Waals surface area contributed by atoms with E-state index in [4.69, 9.17) is 14.2 Å². The summed E-state index contributed by atoms with van der Waals surface area (Å²) in [6.45, 7) is 0. The maximum atomic E-state index is 11.7. The van der Waals surface area contributed by atoms with E-state index in [0.717, 1.165) is 0 Å². The van der Waals surface area contributed by atoms with Crippen LogP contribution in [0, 0.1) is 0 Å². The maximum absolute atomic E-state index is 11.7. The summed E-state index contributed by atoms with van der Waals surface area (Å²) in [5, 5.41) is 25.6. The minimum atomic E-state index is -0.452. The van der Waals surface area contributed by atoms with Gasteiger partial charge in [0.1, 0.15) is 0 Å². The zero-order valence-electron chi connectivity index (χ0n) is 22.8. The van der Waals surface area contributed by atoms with Gasteiger partial charge < -0.3 is 14.2 Å². The van der Waals surface area contributed by atoms with Gasteiger partial charge in [-0.3, -0.25) is 0 Å². The monoisotopic (exact) mass is 564 g/mol. The Morgan fingerprint density at radius 3 is 0.810 bits per heavy atom. The highest BCUT2D eigenvalue weighted by Gasteiger charge is 2.07. The van der Waals surface area contributed by atoms with Crippen molar-refractivity contribution in [3.05, 3.63) is 108 Å². The van der Waals surface area contributed by atoms with E-state index in [2.05, 4.69) is 30.7 Å². The molecule has 0 amide bonds. The molecule has 0 bridgehead atoms. The van der Waals surface area contributed by atoms with E-state index < -0.39 is 17.9 Å². The number of carbonyl (C=O) groups excluding carboxylic acids is 3.